The summed E-state index contributed by atoms with van der Waals surface area (Å²) in [7, 11) is 0. The van der Waals surface area contributed by atoms with E-state index in [1.54, 1.807) is 12.1 Å². The topological polar surface area (TPSA) is 102 Å². The molecule has 0 amide bonds. The van der Waals surface area contributed by atoms with E-state index in [0.717, 1.165) is 0 Å². The zero-order chi connectivity index (χ0) is 13.8. The van der Waals surface area contributed by atoms with E-state index in [4.69, 9.17) is 15.7 Å². The number of rotatable bonds is 3. The largest absolute Gasteiger partial charge is 0.436 e. The van der Waals surface area contributed by atoms with E-state index in [-0.39, 0.29) is 17.4 Å². The van der Waals surface area contributed by atoms with E-state index < -0.39 is 0 Å². The van der Waals surface area contributed by atoms with Crippen LogP contribution >= 0.6 is 0 Å². The summed E-state index contributed by atoms with van der Waals surface area (Å²) in [5.74, 6) is 0.153. The van der Waals surface area contributed by atoms with Gasteiger partial charge in [-0.05, 0) is 25.1 Å². The quantitative estimate of drug-likeness (QED) is 0.663. The van der Waals surface area contributed by atoms with E-state index in [1.807, 2.05) is 6.07 Å². The molecule has 0 bridgehead atoms. The molecule has 94 valence electrons. The Bertz CT molecular complexity index is 677. The van der Waals surface area contributed by atoms with Crippen molar-refractivity contribution in [1.82, 2.24) is 9.97 Å². The fraction of sp³-hybridized carbons (Fsp3) is 0.0769. The molecule has 2 rings (SSSR count). The van der Waals surface area contributed by atoms with Gasteiger partial charge in [-0.1, -0.05) is 0 Å². The summed E-state index contributed by atoms with van der Waals surface area (Å²) in [6.07, 6.45) is 2.79. The lowest BCUT2D eigenvalue weighted by Gasteiger charge is -2.09. The minimum absolute atomic E-state index is 0.0498. The molecule has 1 aromatic heterocycles. The zero-order valence-electron chi connectivity index (χ0n) is 10.1. The van der Waals surface area contributed by atoms with E-state index >= 15 is 0 Å². The molecule has 0 aliphatic carbocycles. The van der Waals surface area contributed by atoms with Crippen LogP contribution in [0.25, 0.3) is 0 Å². The van der Waals surface area contributed by atoms with Crippen LogP contribution in [0.15, 0.2) is 30.6 Å². The summed E-state index contributed by atoms with van der Waals surface area (Å²) in [5, 5.41) is 8.90. The molecule has 0 unspecified atom stereocenters. The van der Waals surface area contributed by atoms with Crippen LogP contribution in [-0.2, 0) is 0 Å². The zero-order valence-corrected chi connectivity index (χ0v) is 10.1. The molecule has 0 atom stereocenters. The SMILES string of the molecule is CC(=O)c1cc(N)ccc1Oc1nccnc1C#N. The average molecular weight is 254 g/mol. The van der Waals surface area contributed by atoms with Crippen molar-refractivity contribution in [2.45, 2.75) is 6.92 Å². The van der Waals surface area contributed by atoms with Crippen LogP contribution in [0.3, 0.4) is 0 Å². The number of ketones is 1. The molecule has 2 aromatic rings. The second-order valence-electron chi connectivity index (χ2n) is 3.74. The number of nitrogens with two attached hydrogens (primary N) is 1. The van der Waals surface area contributed by atoms with Crippen molar-refractivity contribution in [3.05, 3.63) is 41.9 Å². The second-order valence-corrected chi connectivity index (χ2v) is 3.74. The van der Waals surface area contributed by atoms with Gasteiger partial charge in [-0.15, -0.1) is 0 Å². The number of benzene rings is 1. The maximum absolute atomic E-state index is 11.5. The molecule has 0 saturated carbocycles. The Morgan fingerprint density at radius 2 is 2.11 bits per heavy atom. The van der Waals surface area contributed by atoms with Gasteiger partial charge in [0.2, 0.25) is 5.69 Å². The molecule has 0 fully saturated rings. The Labute approximate surface area is 109 Å². The second kappa shape index (κ2) is 5.14. The Kier molecular flexibility index (Phi) is 3.39. The molecule has 1 heterocycles. The lowest BCUT2D eigenvalue weighted by atomic mass is 10.1. The molecule has 0 aliphatic heterocycles. The highest BCUT2D eigenvalue weighted by molar-refractivity contribution is 5.97. The highest BCUT2D eigenvalue weighted by Crippen LogP contribution is 2.27. The van der Waals surface area contributed by atoms with Crippen molar-refractivity contribution in [2.24, 2.45) is 0 Å². The molecule has 6 heteroatoms. The third kappa shape index (κ3) is 2.66. The van der Waals surface area contributed by atoms with Gasteiger partial charge in [0.25, 0.3) is 5.88 Å². The molecular weight excluding hydrogens is 244 g/mol. The summed E-state index contributed by atoms with van der Waals surface area (Å²) >= 11 is 0. The summed E-state index contributed by atoms with van der Waals surface area (Å²) in [6, 6.07) is 6.54. The average Bonchev–Trinajstić information content (AvgIpc) is 2.41. The van der Waals surface area contributed by atoms with Crippen molar-refractivity contribution in [1.29, 1.82) is 5.26 Å². The number of nitrogens with zero attached hydrogens (tertiary/aromatic N) is 3. The number of carbonyl (C=O) groups excluding carboxylic acids is 1. The molecule has 0 radical (unpaired) electrons. The van der Waals surface area contributed by atoms with Crippen LogP contribution in [0.1, 0.15) is 23.0 Å². The molecule has 1 aromatic carbocycles. The van der Waals surface area contributed by atoms with E-state index in [9.17, 15) is 4.79 Å². The van der Waals surface area contributed by atoms with Gasteiger partial charge in [0.15, 0.2) is 5.78 Å². The number of anilines is 1. The normalized spacial score (nSPS) is 9.68. The molecule has 19 heavy (non-hydrogen) atoms. The molecule has 6 nitrogen and oxygen atoms in total. The monoisotopic (exact) mass is 254 g/mol. The van der Waals surface area contributed by atoms with Gasteiger partial charge in [-0.25, -0.2) is 9.97 Å². The number of ether oxygens (including phenoxy) is 1. The van der Waals surface area contributed by atoms with Crippen LogP contribution < -0.4 is 10.5 Å². The van der Waals surface area contributed by atoms with Crippen molar-refractivity contribution >= 4 is 11.5 Å². The lowest BCUT2D eigenvalue weighted by Crippen LogP contribution is -2.01. The summed E-state index contributed by atoms with van der Waals surface area (Å²) < 4.78 is 5.48. The number of aromatic nitrogens is 2. The van der Waals surface area contributed by atoms with Gasteiger partial charge in [-0.2, -0.15) is 5.26 Å². The highest BCUT2D eigenvalue weighted by atomic mass is 16.5. The summed E-state index contributed by atoms with van der Waals surface area (Å²) in [4.78, 5) is 19.3. The number of nitrogen functional groups attached to an aromatic ring is 1. The number of hydrogen-bond donors (Lipinski definition) is 1. The first-order chi connectivity index (χ1) is 9.11. The Morgan fingerprint density at radius 3 is 2.79 bits per heavy atom. The predicted octanol–water partition coefficient (Wildman–Crippen LogP) is 1.93. The fourth-order valence-electron chi connectivity index (χ4n) is 1.49. The van der Waals surface area contributed by atoms with Gasteiger partial charge in [0, 0.05) is 18.1 Å². The van der Waals surface area contributed by atoms with Gasteiger partial charge in [0.1, 0.15) is 11.8 Å². The maximum atomic E-state index is 11.5. The van der Waals surface area contributed by atoms with E-state index in [1.165, 1.54) is 25.4 Å². The van der Waals surface area contributed by atoms with Gasteiger partial charge in [0.05, 0.1) is 5.56 Å². The first-order valence-corrected chi connectivity index (χ1v) is 5.41. The Balaban J connectivity index is 2.44. The van der Waals surface area contributed by atoms with Crippen molar-refractivity contribution in [2.75, 3.05) is 5.73 Å². The van der Waals surface area contributed by atoms with Crippen LogP contribution in [-0.4, -0.2) is 15.8 Å². The molecule has 0 spiro atoms. The number of Topliss-reactive ketones (excluding diaryl/α,β-unsaturated/α-hetero) is 1. The highest BCUT2D eigenvalue weighted by Gasteiger charge is 2.13. The Morgan fingerprint density at radius 1 is 1.37 bits per heavy atom. The van der Waals surface area contributed by atoms with Crippen LogP contribution in [0.4, 0.5) is 5.69 Å². The van der Waals surface area contributed by atoms with Crippen LogP contribution in [0.2, 0.25) is 0 Å². The fourth-order valence-corrected chi connectivity index (χ4v) is 1.49. The maximum Gasteiger partial charge on any atom is 0.256 e. The Hall–Kier alpha value is -2.94. The van der Waals surface area contributed by atoms with Gasteiger partial charge in [-0.3, -0.25) is 4.79 Å². The summed E-state index contributed by atoms with van der Waals surface area (Å²) in [6.45, 7) is 1.41. The van der Waals surface area contributed by atoms with Crippen molar-refractivity contribution in [3.63, 3.8) is 0 Å². The van der Waals surface area contributed by atoms with Crippen LogP contribution in [0.5, 0.6) is 11.6 Å². The van der Waals surface area contributed by atoms with Gasteiger partial charge >= 0.3 is 0 Å². The summed E-state index contributed by atoms with van der Waals surface area (Å²) in [5.41, 5.74) is 6.46. The smallest absolute Gasteiger partial charge is 0.256 e. The van der Waals surface area contributed by atoms with Crippen molar-refractivity contribution in [3.8, 4) is 17.7 Å². The number of hydrogen-bond acceptors (Lipinski definition) is 6. The third-order valence-corrected chi connectivity index (χ3v) is 2.36. The molecule has 0 saturated heterocycles. The third-order valence-electron chi connectivity index (χ3n) is 2.36. The van der Waals surface area contributed by atoms with Crippen molar-refractivity contribution < 1.29 is 9.53 Å². The molecule has 2 N–H and O–H groups in total. The first-order valence-electron chi connectivity index (χ1n) is 5.41. The van der Waals surface area contributed by atoms with Crippen LogP contribution in [0, 0.1) is 11.3 Å². The minimum Gasteiger partial charge on any atom is -0.436 e. The number of nitriles is 1. The number of carbonyl (C=O) groups is 1. The predicted molar refractivity (Wildman–Crippen MR) is 67.7 cm³/mol. The minimum atomic E-state index is -0.190. The lowest BCUT2D eigenvalue weighted by molar-refractivity contribution is 0.101. The molecular formula is C13H10N4O2. The van der Waals surface area contributed by atoms with E-state index in [2.05, 4.69) is 9.97 Å². The van der Waals surface area contributed by atoms with Gasteiger partial charge < -0.3 is 10.5 Å². The first kappa shape index (κ1) is 12.5. The van der Waals surface area contributed by atoms with E-state index in [0.29, 0.717) is 17.0 Å². The standard InChI is InChI=1S/C13H10N4O2/c1-8(18)10-6-9(15)2-3-12(10)19-13-11(7-14)16-4-5-17-13/h2-6H,15H2,1H3. The molecule has 0 aliphatic rings.